The lowest BCUT2D eigenvalue weighted by Gasteiger charge is -2.15. The molecule has 7 heteroatoms. The average molecular weight is 345 g/mol. The minimum atomic E-state index is -3.42. The number of carbonyl (C=O) groups is 1. The molecule has 0 saturated carbocycles. The lowest BCUT2D eigenvalue weighted by atomic mass is 10.2. The quantitative estimate of drug-likeness (QED) is 0.842. The van der Waals surface area contributed by atoms with E-state index in [9.17, 15) is 13.2 Å². The molecule has 24 heavy (non-hydrogen) atoms. The van der Waals surface area contributed by atoms with Crippen LogP contribution in [0, 0.1) is 0 Å². The Balaban J connectivity index is 1.61. The first-order valence-electron chi connectivity index (χ1n) is 7.73. The van der Waals surface area contributed by atoms with E-state index in [1.807, 2.05) is 30.3 Å². The van der Waals surface area contributed by atoms with E-state index < -0.39 is 10.0 Å². The number of amides is 2. The molecule has 0 bridgehead atoms. The van der Waals surface area contributed by atoms with Gasteiger partial charge in [-0.15, -0.1) is 0 Å². The van der Waals surface area contributed by atoms with Crippen molar-refractivity contribution in [2.45, 2.75) is 6.42 Å². The topological polar surface area (TPSA) is 78.5 Å². The van der Waals surface area contributed by atoms with E-state index in [2.05, 4.69) is 10.0 Å². The van der Waals surface area contributed by atoms with Gasteiger partial charge in [0.25, 0.3) is 0 Å². The zero-order valence-electron chi connectivity index (χ0n) is 13.1. The molecule has 2 amide bonds. The summed E-state index contributed by atoms with van der Waals surface area (Å²) in [5.41, 5.74) is 2.22. The number of benzene rings is 2. The number of sulfonamides is 1. The van der Waals surface area contributed by atoms with Crippen LogP contribution < -0.4 is 14.9 Å². The van der Waals surface area contributed by atoms with E-state index in [1.54, 1.807) is 29.2 Å². The Bertz CT molecular complexity index is 805. The maximum absolute atomic E-state index is 12.2. The smallest absolute Gasteiger partial charge is 0.321 e. The van der Waals surface area contributed by atoms with Gasteiger partial charge in [-0.05, 0) is 36.2 Å². The van der Waals surface area contributed by atoms with Crippen LogP contribution >= 0.6 is 0 Å². The first-order chi connectivity index (χ1) is 11.5. The third kappa shape index (κ3) is 4.05. The number of hydrogen-bond donors (Lipinski definition) is 2. The van der Waals surface area contributed by atoms with Crippen LogP contribution in [0.25, 0.3) is 0 Å². The largest absolute Gasteiger partial charge is 0.336 e. The molecule has 0 unspecified atom stereocenters. The Labute approximate surface area is 141 Å². The van der Waals surface area contributed by atoms with Gasteiger partial charge in [-0.1, -0.05) is 30.3 Å². The number of hydrogen-bond acceptors (Lipinski definition) is 3. The van der Waals surface area contributed by atoms with Gasteiger partial charge in [-0.2, -0.15) is 0 Å². The molecule has 2 aromatic carbocycles. The van der Waals surface area contributed by atoms with Crippen molar-refractivity contribution in [3.63, 3.8) is 0 Å². The summed E-state index contributed by atoms with van der Waals surface area (Å²) in [6.45, 7) is 1.23. The van der Waals surface area contributed by atoms with Crippen LogP contribution in [0.4, 0.5) is 16.2 Å². The van der Waals surface area contributed by atoms with Crippen molar-refractivity contribution in [3.8, 4) is 0 Å². The van der Waals surface area contributed by atoms with Crippen molar-refractivity contribution in [1.29, 1.82) is 0 Å². The third-order valence-electron chi connectivity index (χ3n) is 3.81. The monoisotopic (exact) mass is 345 g/mol. The predicted molar refractivity (Wildman–Crippen MR) is 94.7 cm³/mol. The lowest BCUT2D eigenvalue weighted by Crippen LogP contribution is -2.27. The Morgan fingerprint density at radius 2 is 1.75 bits per heavy atom. The van der Waals surface area contributed by atoms with Gasteiger partial charge in [0, 0.05) is 24.5 Å². The summed E-state index contributed by atoms with van der Waals surface area (Å²) in [5.74, 6) is 0.0211. The van der Waals surface area contributed by atoms with Gasteiger partial charge in [0.05, 0.1) is 5.75 Å². The summed E-state index contributed by atoms with van der Waals surface area (Å²) < 4.78 is 26.9. The molecule has 3 rings (SSSR count). The van der Waals surface area contributed by atoms with E-state index in [4.69, 9.17) is 0 Å². The molecule has 1 heterocycles. The number of nitrogens with one attached hydrogen (secondary N) is 2. The molecule has 1 saturated heterocycles. The van der Waals surface area contributed by atoms with Crippen molar-refractivity contribution < 1.29 is 13.2 Å². The molecule has 0 atom stereocenters. The first-order valence-corrected chi connectivity index (χ1v) is 9.39. The van der Waals surface area contributed by atoms with E-state index in [1.165, 1.54) is 0 Å². The Morgan fingerprint density at radius 1 is 1.04 bits per heavy atom. The maximum Gasteiger partial charge on any atom is 0.321 e. The van der Waals surface area contributed by atoms with E-state index in [-0.39, 0.29) is 11.8 Å². The second kappa shape index (κ2) is 6.92. The fraction of sp³-hybridized carbons (Fsp3) is 0.235. The van der Waals surface area contributed by atoms with Gasteiger partial charge >= 0.3 is 6.03 Å². The molecular formula is C17H19N3O3S. The molecule has 6 nitrogen and oxygen atoms in total. The fourth-order valence-electron chi connectivity index (χ4n) is 2.55. The molecule has 0 aromatic heterocycles. The molecule has 0 aliphatic carbocycles. The summed E-state index contributed by atoms with van der Waals surface area (Å²) in [4.78, 5) is 13.2. The van der Waals surface area contributed by atoms with Gasteiger partial charge in [0.1, 0.15) is 0 Å². The number of anilines is 2. The highest BCUT2D eigenvalue weighted by Gasteiger charge is 2.21. The van der Waals surface area contributed by atoms with E-state index in [0.717, 1.165) is 11.3 Å². The zero-order valence-corrected chi connectivity index (χ0v) is 13.9. The fourth-order valence-corrected chi connectivity index (χ4v) is 3.66. The van der Waals surface area contributed by atoms with E-state index in [0.29, 0.717) is 25.2 Å². The molecule has 0 radical (unpaired) electrons. The SMILES string of the molecule is O=C1NCCN1c1ccc(NS(=O)(=O)CCc2ccccc2)cc1. The van der Waals surface area contributed by atoms with Crippen molar-refractivity contribution in [2.24, 2.45) is 0 Å². The van der Waals surface area contributed by atoms with Crippen LogP contribution in [0.1, 0.15) is 5.56 Å². The van der Waals surface area contributed by atoms with Gasteiger partial charge in [0.15, 0.2) is 0 Å². The average Bonchev–Trinajstić information content (AvgIpc) is 3.01. The minimum Gasteiger partial charge on any atom is -0.336 e. The van der Waals surface area contributed by atoms with Crippen molar-refractivity contribution in [1.82, 2.24) is 5.32 Å². The molecule has 1 aliphatic heterocycles. The second-order valence-corrected chi connectivity index (χ2v) is 7.43. The van der Waals surface area contributed by atoms with Gasteiger partial charge < -0.3 is 5.32 Å². The van der Waals surface area contributed by atoms with Crippen LogP contribution in [0.3, 0.4) is 0 Å². The number of carbonyl (C=O) groups excluding carboxylic acids is 1. The summed E-state index contributed by atoms with van der Waals surface area (Å²) in [6.07, 6.45) is 0.461. The Morgan fingerprint density at radius 3 is 2.38 bits per heavy atom. The summed E-state index contributed by atoms with van der Waals surface area (Å²) >= 11 is 0. The number of nitrogens with zero attached hydrogens (tertiary/aromatic N) is 1. The molecule has 0 spiro atoms. The zero-order chi connectivity index (χ0) is 17.0. The van der Waals surface area contributed by atoms with E-state index >= 15 is 0 Å². The van der Waals surface area contributed by atoms with Crippen molar-refractivity contribution in [2.75, 3.05) is 28.5 Å². The minimum absolute atomic E-state index is 0.0211. The predicted octanol–water partition coefficient (Wildman–Crippen LogP) is 2.20. The second-order valence-electron chi connectivity index (χ2n) is 5.59. The highest BCUT2D eigenvalue weighted by Crippen LogP contribution is 2.20. The first kappa shape index (κ1) is 16.3. The molecule has 2 N–H and O–H groups in total. The van der Waals surface area contributed by atoms with Crippen LogP contribution in [-0.2, 0) is 16.4 Å². The van der Waals surface area contributed by atoms with Gasteiger partial charge in [-0.25, -0.2) is 13.2 Å². The molecule has 126 valence electrons. The van der Waals surface area contributed by atoms with Crippen molar-refractivity contribution in [3.05, 3.63) is 60.2 Å². The van der Waals surface area contributed by atoms with Crippen LogP contribution in [0.15, 0.2) is 54.6 Å². The van der Waals surface area contributed by atoms with Gasteiger partial charge in [0.2, 0.25) is 10.0 Å². The Kier molecular flexibility index (Phi) is 4.71. The highest BCUT2D eigenvalue weighted by atomic mass is 32.2. The molecule has 2 aromatic rings. The normalized spacial score (nSPS) is 14.5. The summed E-state index contributed by atoms with van der Waals surface area (Å²) in [7, 11) is -3.42. The summed E-state index contributed by atoms with van der Waals surface area (Å²) in [5, 5.41) is 2.73. The van der Waals surface area contributed by atoms with Gasteiger partial charge in [-0.3, -0.25) is 9.62 Å². The van der Waals surface area contributed by atoms with Crippen LogP contribution in [0.2, 0.25) is 0 Å². The highest BCUT2D eigenvalue weighted by molar-refractivity contribution is 7.92. The maximum atomic E-state index is 12.2. The summed E-state index contributed by atoms with van der Waals surface area (Å²) in [6, 6.07) is 16.2. The number of rotatable bonds is 6. The van der Waals surface area contributed by atoms with Crippen LogP contribution in [-0.4, -0.2) is 33.3 Å². The number of urea groups is 1. The molecule has 1 fully saturated rings. The third-order valence-corrected chi connectivity index (χ3v) is 5.10. The molecule has 1 aliphatic rings. The standard InChI is InChI=1S/C17H19N3O3S/c21-17-18-11-12-20(17)16-8-6-15(7-9-16)19-24(22,23)13-10-14-4-2-1-3-5-14/h1-9,19H,10-13H2,(H,18,21). The van der Waals surface area contributed by atoms with Crippen molar-refractivity contribution >= 4 is 27.4 Å². The van der Waals surface area contributed by atoms with Crippen LogP contribution in [0.5, 0.6) is 0 Å². The Hall–Kier alpha value is -2.54. The number of aryl methyl sites for hydroxylation is 1. The molecular weight excluding hydrogens is 326 g/mol. The lowest BCUT2D eigenvalue weighted by molar-refractivity contribution is 0.252.